The fraction of sp³-hybridized carbons (Fsp3) is 0.533. The summed E-state index contributed by atoms with van der Waals surface area (Å²) in [7, 11) is 4.84. The number of ether oxygens (including phenoxy) is 3. The van der Waals surface area contributed by atoms with Crippen LogP contribution < -0.4 is 14.2 Å². The van der Waals surface area contributed by atoms with Crippen LogP contribution in [0.2, 0.25) is 0 Å². The van der Waals surface area contributed by atoms with Crippen molar-refractivity contribution in [2.45, 2.75) is 6.54 Å². The van der Waals surface area contributed by atoms with Gasteiger partial charge in [-0.15, -0.1) is 0 Å². The van der Waals surface area contributed by atoms with E-state index in [-0.39, 0.29) is 0 Å². The summed E-state index contributed by atoms with van der Waals surface area (Å²) in [5.74, 6) is 1.97. The molecule has 6 heteroatoms. The topological polar surface area (TPSA) is 51.2 Å². The molecule has 1 amide bonds. The van der Waals surface area contributed by atoms with E-state index in [1.165, 1.54) is 0 Å². The quantitative estimate of drug-likeness (QED) is 0.732. The zero-order valence-electron chi connectivity index (χ0n) is 12.8. The maximum Gasteiger partial charge on any atom is 0.209 e. The van der Waals surface area contributed by atoms with Gasteiger partial charge in [0.15, 0.2) is 11.5 Å². The summed E-state index contributed by atoms with van der Waals surface area (Å²) in [5, 5.41) is 0. The molecule has 0 aliphatic carbocycles. The van der Waals surface area contributed by atoms with Gasteiger partial charge in [-0.1, -0.05) is 6.07 Å². The number of nitrogens with zero attached hydrogens (tertiary/aromatic N) is 2. The SMILES string of the molecule is COc1ccc(CN2CCN(C=O)CC2)c(OC)c1OC. The highest BCUT2D eigenvalue weighted by Gasteiger charge is 2.20. The summed E-state index contributed by atoms with van der Waals surface area (Å²) >= 11 is 0. The van der Waals surface area contributed by atoms with Gasteiger partial charge in [-0.2, -0.15) is 0 Å². The van der Waals surface area contributed by atoms with Crippen LogP contribution in [0, 0.1) is 0 Å². The molecule has 1 aromatic carbocycles. The molecule has 0 radical (unpaired) electrons. The van der Waals surface area contributed by atoms with Crippen LogP contribution >= 0.6 is 0 Å². The van der Waals surface area contributed by atoms with Crippen LogP contribution in [0.15, 0.2) is 12.1 Å². The molecule has 1 aliphatic heterocycles. The third kappa shape index (κ3) is 3.39. The number of benzene rings is 1. The molecule has 0 N–H and O–H groups in total. The van der Waals surface area contributed by atoms with Crippen LogP contribution in [-0.2, 0) is 11.3 Å². The number of carbonyl (C=O) groups is 1. The molecular formula is C15H22N2O4. The van der Waals surface area contributed by atoms with Crippen molar-refractivity contribution in [3.63, 3.8) is 0 Å². The number of amides is 1. The first-order valence-electron chi connectivity index (χ1n) is 6.93. The Morgan fingerprint density at radius 3 is 2.19 bits per heavy atom. The second-order valence-electron chi connectivity index (χ2n) is 4.91. The standard InChI is InChI=1S/C15H22N2O4/c1-19-13-5-4-12(14(20-2)15(13)21-3)10-16-6-8-17(11-18)9-7-16/h4-5,11H,6-10H2,1-3H3. The molecule has 1 heterocycles. The van der Waals surface area contributed by atoms with Gasteiger partial charge in [0, 0.05) is 38.3 Å². The van der Waals surface area contributed by atoms with Crippen LogP contribution in [0.25, 0.3) is 0 Å². The van der Waals surface area contributed by atoms with E-state index in [9.17, 15) is 4.79 Å². The lowest BCUT2D eigenvalue weighted by Crippen LogP contribution is -2.45. The Balaban J connectivity index is 2.15. The van der Waals surface area contributed by atoms with Gasteiger partial charge in [-0.3, -0.25) is 9.69 Å². The largest absolute Gasteiger partial charge is 0.493 e. The van der Waals surface area contributed by atoms with Crippen LogP contribution in [0.4, 0.5) is 0 Å². The van der Waals surface area contributed by atoms with Crippen molar-refractivity contribution in [2.24, 2.45) is 0 Å². The second-order valence-corrected chi connectivity index (χ2v) is 4.91. The van der Waals surface area contributed by atoms with Gasteiger partial charge in [0.25, 0.3) is 0 Å². The first-order chi connectivity index (χ1) is 10.2. The molecule has 116 valence electrons. The van der Waals surface area contributed by atoms with E-state index in [2.05, 4.69) is 4.90 Å². The van der Waals surface area contributed by atoms with Crippen LogP contribution in [0.3, 0.4) is 0 Å². The minimum Gasteiger partial charge on any atom is -0.493 e. The first kappa shape index (κ1) is 15.4. The van der Waals surface area contributed by atoms with E-state index < -0.39 is 0 Å². The number of methoxy groups -OCH3 is 3. The minimum atomic E-state index is 0.615. The molecule has 1 aromatic rings. The highest BCUT2D eigenvalue weighted by molar-refractivity contribution is 5.55. The summed E-state index contributed by atoms with van der Waals surface area (Å²) in [6.07, 6.45) is 0.911. The van der Waals surface area contributed by atoms with E-state index in [1.807, 2.05) is 12.1 Å². The Hall–Kier alpha value is -1.95. The summed E-state index contributed by atoms with van der Waals surface area (Å²) in [5.41, 5.74) is 1.05. The van der Waals surface area contributed by atoms with Gasteiger partial charge in [0.05, 0.1) is 21.3 Å². The van der Waals surface area contributed by atoms with Gasteiger partial charge in [0.2, 0.25) is 12.2 Å². The summed E-state index contributed by atoms with van der Waals surface area (Å²) in [6.45, 7) is 4.00. The average Bonchev–Trinajstić information content (AvgIpc) is 2.54. The molecule has 0 saturated carbocycles. The van der Waals surface area contributed by atoms with Crippen molar-refractivity contribution in [3.05, 3.63) is 17.7 Å². The number of piperazine rings is 1. The number of hydrogen-bond acceptors (Lipinski definition) is 5. The van der Waals surface area contributed by atoms with Crippen molar-refractivity contribution >= 4 is 6.41 Å². The lowest BCUT2D eigenvalue weighted by atomic mass is 10.1. The Morgan fingerprint density at radius 2 is 1.67 bits per heavy atom. The highest BCUT2D eigenvalue weighted by atomic mass is 16.5. The summed E-state index contributed by atoms with van der Waals surface area (Å²) in [6, 6.07) is 3.88. The van der Waals surface area contributed by atoms with Crippen LogP contribution in [0.1, 0.15) is 5.56 Å². The molecule has 1 fully saturated rings. The van der Waals surface area contributed by atoms with Crippen molar-refractivity contribution in [3.8, 4) is 17.2 Å². The third-order valence-corrected chi connectivity index (χ3v) is 3.74. The molecule has 1 saturated heterocycles. The molecule has 6 nitrogen and oxygen atoms in total. The van der Waals surface area contributed by atoms with Crippen LogP contribution in [0.5, 0.6) is 17.2 Å². The normalized spacial score (nSPS) is 15.7. The molecule has 0 bridgehead atoms. The zero-order valence-corrected chi connectivity index (χ0v) is 12.8. The zero-order chi connectivity index (χ0) is 15.2. The number of rotatable bonds is 6. The van der Waals surface area contributed by atoms with Crippen molar-refractivity contribution in [1.29, 1.82) is 0 Å². The van der Waals surface area contributed by atoms with Gasteiger partial charge in [-0.25, -0.2) is 0 Å². The predicted octanol–water partition coefficient (Wildman–Crippen LogP) is 0.986. The summed E-state index contributed by atoms with van der Waals surface area (Å²) in [4.78, 5) is 14.8. The average molecular weight is 294 g/mol. The van der Waals surface area contributed by atoms with Gasteiger partial charge in [-0.05, 0) is 6.07 Å². The molecule has 0 atom stereocenters. The van der Waals surface area contributed by atoms with Gasteiger partial charge < -0.3 is 19.1 Å². The molecule has 0 aromatic heterocycles. The lowest BCUT2D eigenvalue weighted by molar-refractivity contribution is -0.119. The third-order valence-electron chi connectivity index (χ3n) is 3.74. The van der Waals surface area contributed by atoms with Crippen molar-refractivity contribution in [2.75, 3.05) is 47.5 Å². The molecule has 21 heavy (non-hydrogen) atoms. The first-order valence-corrected chi connectivity index (χ1v) is 6.93. The van der Waals surface area contributed by atoms with Gasteiger partial charge in [0.1, 0.15) is 0 Å². The Labute approximate surface area is 125 Å². The molecular weight excluding hydrogens is 272 g/mol. The second kappa shape index (κ2) is 7.17. The van der Waals surface area contributed by atoms with Crippen molar-refractivity contribution < 1.29 is 19.0 Å². The van der Waals surface area contributed by atoms with Gasteiger partial charge >= 0.3 is 0 Å². The molecule has 1 aliphatic rings. The number of hydrogen-bond donors (Lipinski definition) is 0. The number of carbonyl (C=O) groups excluding carboxylic acids is 1. The van der Waals surface area contributed by atoms with E-state index in [4.69, 9.17) is 14.2 Å². The minimum absolute atomic E-state index is 0.615. The van der Waals surface area contributed by atoms with E-state index in [1.54, 1.807) is 26.2 Å². The lowest BCUT2D eigenvalue weighted by Gasteiger charge is -2.32. The molecule has 2 rings (SSSR count). The van der Waals surface area contributed by atoms with Crippen molar-refractivity contribution in [1.82, 2.24) is 9.80 Å². The van der Waals surface area contributed by atoms with Crippen LogP contribution in [-0.4, -0.2) is 63.7 Å². The maximum absolute atomic E-state index is 10.7. The Bertz CT molecular complexity index is 485. The maximum atomic E-state index is 10.7. The molecule has 0 spiro atoms. The smallest absolute Gasteiger partial charge is 0.209 e. The highest BCUT2D eigenvalue weighted by Crippen LogP contribution is 2.40. The fourth-order valence-electron chi connectivity index (χ4n) is 2.56. The fourth-order valence-corrected chi connectivity index (χ4v) is 2.56. The van der Waals surface area contributed by atoms with E-state index in [0.29, 0.717) is 17.2 Å². The monoisotopic (exact) mass is 294 g/mol. The van der Waals surface area contributed by atoms with E-state index >= 15 is 0 Å². The van der Waals surface area contributed by atoms with E-state index in [0.717, 1.165) is 44.7 Å². The Kier molecular flexibility index (Phi) is 5.27. The summed E-state index contributed by atoms with van der Waals surface area (Å²) < 4.78 is 16.2. The predicted molar refractivity (Wildman–Crippen MR) is 79.0 cm³/mol. The molecule has 0 unspecified atom stereocenters. The Morgan fingerprint density at radius 1 is 1.00 bits per heavy atom.